The van der Waals surface area contributed by atoms with Gasteiger partial charge in [0.15, 0.2) is 0 Å². The van der Waals surface area contributed by atoms with Crippen LogP contribution in [-0.4, -0.2) is 19.4 Å². The Morgan fingerprint density at radius 2 is 1.75 bits per heavy atom. The molecule has 3 aromatic rings. The van der Waals surface area contributed by atoms with E-state index in [-0.39, 0.29) is 0 Å². The van der Waals surface area contributed by atoms with Crippen LogP contribution in [0.1, 0.15) is 0 Å². The van der Waals surface area contributed by atoms with Crippen LogP contribution < -0.4 is 0 Å². The van der Waals surface area contributed by atoms with Crippen molar-refractivity contribution in [3.8, 4) is 11.4 Å². The second kappa shape index (κ2) is 3.68. The first-order chi connectivity index (χ1) is 7.86. The normalized spacial score (nSPS) is 10.8. The SMILES string of the molecule is Brc1nc(-c2ccncc2)n2cnccc12. The fraction of sp³-hybridized carbons (Fsp3) is 0. The molecule has 0 aliphatic rings. The van der Waals surface area contributed by atoms with Crippen LogP contribution >= 0.6 is 15.9 Å². The number of pyridine rings is 1. The van der Waals surface area contributed by atoms with E-state index >= 15 is 0 Å². The Morgan fingerprint density at radius 3 is 2.56 bits per heavy atom. The van der Waals surface area contributed by atoms with Gasteiger partial charge in [0.05, 0.1) is 5.52 Å². The van der Waals surface area contributed by atoms with Gasteiger partial charge in [0.1, 0.15) is 16.8 Å². The molecule has 0 aliphatic carbocycles. The van der Waals surface area contributed by atoms with Crippen LogP contribution in [0, 0.1) is 0 Å². The van der Waals surface area contributed by atoms with E-state index in [0.29, 0.717) is 0 Å². The summed E-state index contributed by atoms with van der Waals surface area (Å²) in [6, 6.07) is 5.77. The molecule has 78 valence electrons. The van der Waals surface area contributed by atoms with Crippen molar-refractivity contribution in [2.75, 3.05) is 0 Å². The lowest BCUT2D eigenvalue weighted by Crippen LogP contribution is -1.89. The summed E-state index contributed by atoms with van der Waals surface area (Å²) in [7, 11) is 0. The summed E-state index contributed by atoms with van der Waals surface area (Å²) in [6.45, 7) is 0. The predicted molar refractivity (Wildman–Crippen MR) is 63.9 cm³/mol. The Balaban J connectivity index is 2.33. The summed E-state index contributed by atoms with van der Waals surface area (Å²) in [6.07, 6.45) is 7.00. The van der Waals surface area contributed by atoms with Crippen molar-refractivity contribution in [3.63, 3.8) is 0 Å². The molecule has 0 fully saturated rings. The van der Waals surface area contributed by atoms with E-state index in [2.05, 4.69) is 30.9 Å². The molecule has 0 saturated carbocycles. The van der Waals surface area contributed by atoms with Crippen molar-refractivity contribution in [2.45, 2.75) is 0 Å². The Morgan fingerprint density at radius 1 is 1.00 bits per heavy atom. The number of imidazole rings is 1. The van der Waals surface area contributed by atoms with Gasteiger partial charge in [0.2, 0.25) is 0 Å². The molecule has 3 rings (SSSR count). The van der Waals surface area contributed by atoms with E-state index in [0.717, 1.165) is 21.5 Å². The molecule has 5 heteroatoms. The predicted octanol–water partition coefficient (Wildman–Crippen LogP) is 2.55. The fourth-order valence-corrected chi connectivity index (χ4v) is 2.10. The Kier molecular flexibility index (Phi) is 2.18. The lowest BCUT2D eigenvalue weighted by atomic mass is 10.2. The molecule has 0 bridgehead atoms. The van der Waals surface area contributed by atoms with Crippen LogP contribution in [0.4, 0.5) is 0 Å². The Hall–Kier alpha value is -1.75. The molecule has 0 N–H and O–H groups in total. The lowest BCUT2D eigenvalue weighted by molar-refractivity contribution is 1.08. The van der Waals surface area contributed by atoms with Crippen LogP contribution in [0.25, 0.3) is 16.9 Å². The van der Waals surface area contributed by atoms with E-state index in [1.54, 1.807) is 24.9 Å². The summed E-state index contributed by atoms with van der Waals surface area (Å²) in [4.78, 5) is 12.6. The molecular formula is C11H7BrN4. The molecule has 0 amide bonds. The maximum absolute atomic E-state index is 4.47. The molecule has 0 spiro atoms. The zero-order valence-corrected chi connectivity index (χ0v) is 9.79. The maximum atomic E-state index is 4.47. The number of hydrogen-bond acceptors (Lipinski definition) is 3. The van der Waals surface area contributed by atoms with Gasteiger partial charge in [0, 0.05) is 24.2 Å². The summed E-state index contributed by atoms with van der Waals surface area (Å²) < 4.78 is 2.76. The number of aromatic nitrogens is 4. The molecule has 3 heterocycles. The molecule has 0 unspecified atom stereocenters. The molecular weight excluding hydrogens is 268 g/mol. The van der Waals surface area contributed by atoms with Gasteiger partial charge < -0.3 is 0 Å². The second-order valence-corrected chi connectivity index (χ2v) is 4.05. The number of fused-ring (bicyclic) bond motifs is 1. The zero-order chi connectivity index (χ0) is 11.0. The third-order valence-corrected chi connectivity index (χ3v) is 2.93. The third kappa shape index (κ3) is 1.40. The van der Waals surface area contributed by atoms with E-state index in [1.807, 2.05) is 22.6 Å². The van der Waals surface area contributed by atoms with Crippen molar-refractivity contribution in [2.24, 2.45) is 0 Å². The minimum Gasteiger partial charge on any atom is -0.282 e. The molecule has 4 nitrogen and oxygen atoms in total. The van der Waals surface area contributed by atoms with Crippen LogP contribution in [0.3, 0.4) is 0 Å². The molecule has 0 atom stereocenters. The van der Waals surface area contributed by atoms with Gasteiger partial charge in [-0.05, 0) is 34.1 Å². The third-order valence-electron chi connectivity index (χ3n) is 2.34. The number of rotatable bonds is 1. The van der Waals surface area contributed by atoms with Crippen molar-refractivity contribution in [1.29, 1.82) is 0 Å². The largest absolute Gasteiger partial charge is 0.282 e. The minimum atomic E-state index is 0.821. The van der Waals surface area contributed by atoms with Gasteiger partial charge in [-0.2, -0.15) is 0 Å². The fourth-order valence-electron chi connectivity index (χ4n) is 1.61. The van der Waals surface area contributed by atoms with E-state index in [9.17, 15) is 0 Å². The van der Waals surface area contributed by atoms with E-state index in [1.165, 1.54) is 0 Å². The Labute approximate surface area is 100 Å². The lowest BCUT2D eigenvalue weighted by Gasteiger charge is -1.98. The van der Waals surface area contributed by atoms with Gasteiger partial charge in [-0.15, -0.1) is 0 Å². The van der Waals surface area contributed by atoms with Gasteiger partial charge in [0.25, 0.3) is 0 Å². The van der Waals surface area contributed by atoms with Crippen LogP contribution in [0.15, 0.2) is 47.7 Å². The van der Waals surface area contributed by atoms with E-state index < -0.39 is 0 Å². The van der Waals surface area contributed by atoms with Gasteiger partial charge >= 0.3 is 0 Å². The highest BCUT2D eigenvalue weighted by atomic mass is 79.9. The van der Waals surface area contributed by atoms with Crippen LogP contribution in [0.2, 0.25) is 0 Å². The molecule has 16 heavy (non-hydrogen) atoms. The van der Waals surface area contributed by atoms with Crippen LogP contribution in [0.5, 0.6) is 0 Å². The highest BCUT2D eigenvalue weighted by Crippen LogP contribution is 2.24. The summed E-state index contributed by atoms with van der Waals surface area (Å²) >= 11 is 3.44. The smallest absolute Gasteiger partial charge is 0.147 e. The van der Waals surface area contributed by atoms with Crippen molar-refractivity contribution in [3.05, 3.63) is 47.7 Å². The molecule has 0 aromatic carbocycles. The zero-order valence-electron chi connectivity index (χ0n) is 8.21. The summed E-state index contributed by atoms with van der Waals surface area (Å²) in [5.41, 5.74) is 2.02. The number of halogens is 1. The van der Waals surface area contributed by atoms with Gasteiger partial charge in [-0.3, -0.25) is 9.38 Å². The molecule has 0 aliphatic heterocycles. The van der Waals surface area contributed by atoms with Crippen molar-refractivity contribution in [1.82, 2.24) is 19.4 Å². The topological polar surface area (TPSA) is 43.1 Å². The van der Waals surface area contributed by atoms with Gasteiger partial charge in [-0.1, -0.05) is 0 Å². The molecule has 3 aromatic heterocycles. The molecule has 0 saturated heterocycles. The highest BCUT2D eigenvalue weighted by Gasteiger charge is 2.09. The second-order valence-electron chi connectivity index (χ2n) is 3.30. The van der Waals surface area contributed by atoms with Gasteiger partial charge in [-0.25, -0.2) is 9.97 Å². The van der Waals surface area contributed by atoms with E-state index in [4.69, 9.17) is 0 Å². The Bertz CT molecular complexity index is 633. The molecule has 0 radical (unpaired) electrons. The standard InChI is InChI=1S/C11H7BrN4/c12-10-9-3-6-14-7-16(9)11(15-10)8-1-4-13-5-2-8/h1-7H. The quantitative estimate of drug-likeness (QED) is 0.685. The average Bonchev–Trinajstić information content (AvgIpc) is 2.69. The first-order valence-electron chi connectivity index (χ1n) is 4.74. The average molecular weight is 275 g/mol. The maximum Gasteiger partial charge on any atom is 0.147 e. The monoisotopic (exact) mass is 274 g/mol. The first-order valence-corrected chi connectivity index (χ1v) is 5.53. The number of nitrogens with zero attached hydrogens (tertiary/aromatic N) is 4. The highest BCUT2D eigenvalue weighted by molar-refractivity contribution is 9.10. The van der Waals surface area contributed by atoms with Crippen molar-refractivity contribution >= 4 is 21.4 Å². The minimum absolute atomic E-state index is 0.821. The van der Waals surface area contributed by atoms with Crippen molar-refractivity contribution < 1.29 is 0 Å². The van der Waals surface area contributed by atoms with Crippen LogP contribution in [-0.2, 0) is 0 Å². The first kappa shape index (κ1) is 9.47. The summed E-state index contributed by atoms with van der Waals surface area (Å²) in [5, 5.41) is 0. The summed E-state index contributed by atoms with van der Waals surface area (Å²) in [5.74, 6) is 0.859. The number of hydrogen-bond donors (Lipinski definition) is 0.